The second-order valence-electron chi connectivity index (χ2n) is 7.93. The summed E-state index contributed by atoms with van der Waals surface area (Å²) in [6, 6.07) is 7.88. The fraction of sp³-hybridized carbons (Fsp3) is 0.667. The Hall–Kier alpha value is -1.10. The second kappa shape index (κ2) is 4.70. The van der Waals surface area contributed by atoms with Crippen LogP contribution in [0.2, 0.25) is 0 Å². The smallest absolute Gasteiger partial charge is 0.261 e. The zero-order chi connectivity index (χ0) is 16.2. The van der Waals surface area contributed by atoms with E-state index in [9.17, 15) is 0 Å². The van der Waals surface area contributed by atoms with Gasteiger partial charge >= 0.3 is 0 Å². The highest BCUT2D eigenvalue weighted by Crippen LogP contribution is 2.68. The lowest BCUT2D eigenvalue weighted by Gasteiger charge is -2.69. The number of hydrogen-bond acceptors (Lipinski definition) is 4. The average Bonchev–Trinajstić information content (AvgIpc) is 2.39. The third-order valence-corrected chi connectivity index (χ3v) is 5.24. The van der Waals surface area contributed by atoms with Crippen molar-refractivity contribution < 1.29 is 19.2 Å². The van der Waals surface area contributed by atoms with E-state index in [1.165, 1.54) is 0 Å². The Morgan fingerprint density at radius 2 is 1.86 bits per heavy atom. The van der Waals surface area contributed by atoms with E-state index in [1.54, 1.807) is 7.11 Å². The van der Waals surface area contributed by atoms with Gasteiger partial charge in [0.15, 0.2) is 5.60 Å². The van der Waals surface area contributed by atoms with E-state index in [-0.39, 0.29) is 10.8 Å². The highest BCUT2D eigenvalue weighted by Gasteiger charge is 2.78. The van der Waals surface area contributed by atoms with E-state index in [1.807, 2.05) is 24.3 Å². The van der Waals surface area contributed by atoms with E-state index in [0.717, 1.165) is 17.7 Å². The van der Waals surface area contributed by atoms with Gasteiger partial charge in [-0.3, -0.25) is 0 Å². The third kappa shape index (κ3) is 1.75. The Labute approximate surface area is 132 Å². The van der Waals surface area contributed by atoms with Crippen LogP contribution in [0.4, 0.5) is 0 Å². The van der Waals surface area contributed by atoms with Gasteiger partial charge in [-0.15, -0.1) is 0 Å². The summed E-state index contributed by atoms with van der Waals surface area (Å²) in [7, 11) is 1.66. The molecule has 0 aliphatic carbocycles. The van der Waals surface area contributed by atoms with Crippen LogP contribution in [0.5, 0.6) is 5.75 Å². The molecule has 2 aliphatic rings. The zero-order valence-electron chi connectivity index (χ0n) is 14.4. The Bertz CT molecular complexity index is 575. The first-order valence-electron chi connectivity index (χ1n) is 7.86. The van der Waals surface area contributed by atoms with Crippen molar-refractivity contribution in [2.24, 2.45) is 10.8 Å². The monoisotopic (exact) mass is 306 g/mol. The first-order chi connectivity index (χ1) is 10.2. The van der Waals surface area contributed by atoms with Crippen LogP contribution in [0.15, 0.2) is 24.3 Å². The second-order valence-corrected chi connectivity index (χ2v) is 7.93. The molecule has 2 saturated heterocycles. The van der Waals surface area contributed by atoms with Crippen molar-refractivity contribution in [2.45, 2.75) is 52.4 Å². The normalized spacial score (nSPS) is 33.7. The van der Waals surface area contributed by atoms with Crippen molar-refractivity contribution in [3.63, 3.8) is 0 Å². The van der Waals surface area contributed by atoms with Crippen LogP contribution in [0, 0.1) is 10.8 Å². The Morgan fingerprint density at radius 3 is 2.41 bits per heavy atom. The minimum absolute atomic E-state index is 0.0785. The van der Waals surface area contributed by atoms with Gasteiger partial charge in [-0.2, -0.15) is 4.89 Å². The molecule has 0 aromatic heterocycles. The molecule has 2 atom stereocenters. The van der Waals surface area contributed by atoms with Crippen LogP contribution in [0.3, 0.4) is 0 Å². The predicted molar refractivity (Wildman–Crippen MR) is 83.4 cm³/mol. The lowest BCUT2D eigenvalue weighted by molar-refractivity contribution is -0.664. The van der Waals surface area contributed by atoms with E-state index in [0.29, 0.717) is 6.61 Å². The molecular weight excluding hydrogens is 280 g/mol. The lowest BCUT2D eigenvalue weighted by atomic mass is 9.53. The molecule has 1 aromatic rings. The van der Waals surface area contributed by atoms with Gasteiger partial charge in [-0.1, -0.05) is 46.8 Å². The maximum atomic E-state index is 6.21. The number of methoxy groups -OCH3 is 1. The fourth-order valence-electron chi connectivity index (χ4n) is 4.31. The summed E-state index contributed by atoms with van der Waals surface area (Å²) in [4.78, 5) is 11.6. The Balaban J connectivity index is 2.18. The molecule has 0 bridgehead atoms. The van der Waals surface area contributed by atoms with Gasteiger partial charge in [-0.25, -0.2) is 4.89 Å². The molecule has 3 rings (SSSR count). The summed E-state index contributed by atoms with van der Waals surface area (Å²) in [5.74, 6) is -0.0983. The quantitative estimate of drug-likeness (QED) is 0.773. The lowest BCUT2D eigenvalue weighted by Crippen LogP contribution is -2.79. The van der Waals surface area contributed by atoms with E-state index >= 15 is 0 Å². The molecule has 0 spiro atoms. The first-order valence-corrected chi connectivity index (χ1v) is 7.86. The van der Waals surface area contributed by atoms with E-state index in [2.05, 4.69) is 34.6 Å². The number of ether oxygens (including phenoxy) is 2. The summed E-state index contributed by atoms with van der Waals surface area (Å²) in [5.41, 5.74) is 0.154. The van der Waals surface area contributed by atoms with Crippen LogP contribution in [0.25, 0.3) is 0 Å². The average molecular weight is 306 g/mol. The molecule has 2 aliphatic heterocycles. The standard InChI is InChI=1S/C18H26O4/c1-15(2,3)18-16(4,5)10-11-20-17(18,21-22-18)13-8-7-9-14(12-13)19-6/h7-9,12H,10-11H2,1-6H3. The molecule has 1 aromatic carbocycles. The van der Waals surface area contributed by atoms with Gasteiger partial charge < -0.3 is 9.47 Å². The first kappa shape index (κ1) is 15.8. The summed E-state index contributed by atoms with van der Waals surface area (Å²) >= 11 is 0. The summed E-state index contributed by atoms with van der Waals surface area (Å²) in [5, 5.41) is 0. The Kier molecular flexibility index (Phi) is 3.37. The molecule has 0 radical (unpaired) electrons. The summed E-state index contributed by atoms with van der Waals surface area (Å²) in [6.07, 6.45) is 0.930. The number of rotatable bonds is 2. The zero-order valence-corrected chi connectivity index (χ0v) is 14.4. The van der Waals surface area contributed by atoms with Crippen LogP contribution in [0.1, 0.15) is 46.6 Å². The minimum atomic E-state index is -0.887. The van der Waals surface area contributed by atoms with Crippen LogP contribution < -0.4 is 4.74 Å². The maximum Gasteiger partial charge on any atom is 0.261 e. The summed E-state index contributed by atoms with van der Waals surface area (Å²) < 4.78 is 11.6. The molecule has 0 amide bonds. The van der Waals surface area contributed by atoms with Gasteiger partial charge in [0.25, 0.3) is 5.79 Å². The third-order valence-electron chi connectivity index (χ3n) is 5.24. The largest absolute Gasteiger partial charge is 0.497 e. The van der Waals surface area contributed by atoms with Crippen LogP contribution in [-0.4, -0.2) is 19.3 Å². The molecule has 122 valence electrons. The SMILES string of the molecule is COc1cccc(C23OCCC(C)(C)C2(C(C)(C)C)OO3)c1. The topological polar surface area (TPSA) is 36.9 Å². The predicted octanol–water partition coefficient (Wildman–Crippen LogP) is 4.04. The molecule has 2 fully saturated rings. The molecular formula is C18H26O4. The van der Waals surface area contributed by atoms with Crippen molar-refractivity contribution >= 4 is 0 Å². The van der Waals surface area contributed by atoms with Gasteiger partial charge in [0.2, 0.25) is 0 Å². The number of benzene rings is 1. The molecule has 0 saturated carbocycles. The van der Waals surface area contributed by atoms with E-state index < -0.39 is 11.4 Å². The molecule has 4 nitrogen and oxygen atoms in total. The highest BCUT2D eigenvalue weighted by molar-refractivity contribution is 5.36. The van der Waals surface area contributed by atoms with Gasteiger partial charge in [0.05, 0.1) is 13.7 Å². The molecule has 2 unspecified atom stereocenters. The van der Waals surface area contributed by atoms with Crippen LogP contribution >= 0.6 is 0 Å². The van der Waals surface area contributed by atoms with Crippen molar-refractivity contribution in [3.05, 3.63) is 29.8 Å². The number of hydrogen-bond donors (Lipinski definition) is 0. The van der Waals surface area contributed by atoms with Crippen molar-refractivity contribution in [2.75, 3.05) is 13.7 Å². The van der Waals surface area contributed by atoms with Crippen LogP contribution in [-0.2, 0) is 20.3 Å². The Morgan fingerprint density at radius 1 is 1.14 bits per heavy atom. The fourth-order valence-corrected chi connectivity index (χ4v) is 4.31. The molecule has 22 heavy (non-hydrogen) atoms. The van der Waals surface area contributed by atoms with Crippen molar-refractivity contribution in [1.29, 1.82) is 0 Å². The van der Waals surface area contributed by atoms with Crippen molar-refractivity contribution in [3.8, 4) is 5.75 Å². The summed E-state index contributed by atoms with van der Waals surface area (Å²) in [6.45, 7) is 11.7. The minimum Gasteiger partial charge on any atom is -0.497 e. The highest BCUT2D eigenvalue weighted by atomic mass is 17.3. The maximum absolute atomic E-state index is 6.21. The molecule has 0 N–H and O–H groups in total. The van der Waals surface area contributed by atoms with Crippen molar-refractivity contribution in [1.82, 2.24) is 0 Å². The molecule has 2 heterocycles. The number of fused-ring (bicyclic) bond motifs is 1. The van der Waals surface area contributed by atoms with E-state index in [4.69, 9.17) is 19.2 Å². The molecule has 4 heteroatoms. The van der Waals surface area contributed by atoms with Gasteiger partial charge in [0.1, 0.15) is 5.75 Å². The van der Waals surface area contributed by atoms with Gasteiger partial charge in [-0.05, 0) is 18.6 Å². The van der Waals surface area contributed by atoms with Gasteiger partial charge in [0, 0.05) is 16.4 Å².